The molecule has 0 aliphatic rings. The van der Waals surface area contributed by atoms with Crippen molar-refractivity contribution in [1.82, 2.24) is 0 Å². The first-order valence-electron chi connectivity index (χ1n) is 5.63. The smallest absolute Gasteiger partial charge is 0.311 e. The third-order valence-electron chi connectivity index (χ3n) is 2.06. The first-order valence-corrected chi connectivity index (χ1v) is 5.63. The molecule has 0 bridgehead atoms. The van der Waals surface area contributed by atoms with Crippen molar-refractivity contribution in [1.29, 1.82) is 0 Å². The maximum Gasteiger partial charge on any atom is 0.311 e. The predicted molar refractivity (Wildman–Crippen MR) is 66.4 cm³/mol. The first-order chi connectivity index (χ1) is 8.58. The molecule has 0 N–H and O–H groups in total. The van der Waals surface area contributed by atoms with Gasteiger partial charge in [0.25, 0.3) is 0 Å². The Balaban J connectivity index is 2.22. The fourth-order valence-electron chi connectivity index (χ4n) is 1.26. The average molecular weight is 248 g/mol. The molecule has 0 aromatic heterocycles. The van der Waals surface area contributed by atoms with Gasteiger partial charge in [-0.15, -0.1) is 0 Å². The lowest BCUT2D eigenvalue weighted by Crippen LogP contribution is -2.09. The Morgan fingerprint density at radius 2 is 1.72 bits per heavy atom. The summed E-state index contributed by atoms with van der Waals surface area (Å²) in [5.41, 5.74) is 0.912. The summed E-state index contributed by atoms with van der Waals surface area (Å²) in [4.78, 5) is 22.5. The number of esters is 2. The van der Waals surface area contributed by atoms with Crippen LogP contribution in [0.4, 0.5) is 0 Å². The van der Waals surface area contributed by atoms with E-state index in [1.807, 2.05) is 30.3 Å². The van der Waals surface area contributed by atoms with Gasteiger partial charge in [0, 0.05) is 0 Å². The lowest BCUT2D eigenvalue weighted by Gasteiger charge is -2.05. The van der Waals surface area contributed by atoms with Crippen LogP contribution in [-0.4, -0.2) is 11.9 Å². The highest BCUT2D eigenvalue weighted by molar-refractivity contribution is 5.78. The van der Waals surface area contributed by atoms with Crippen LogP contribution in [0, 0.1) is 0 Å². The minimum Gasteiger partial charge on any atom is -0.461 e. The van der Waals surface area contributed by atoms with Gasteiger partial charge in [0.05, 0.1) is 18.6 Å². The van der Waals surface area contributed by atoms with Crippen molar-refractivity contribution in [2.45, 2.75) is 26.4 Å². The van der Waals surface area contributed by atoms with Gasteiger partial charge >= 0.3 is 11.9 Å². The van der Waals surface area contributed by atoms with Crippen molar-refractivity contribution in [3.05, 3.63) is 48.2 Å². The van der Waals surface area contributed by atoms with Crippen molar-refractivity contribution in [2.75, 3.05) is 0 Å². The fraction of sp³-hybridized carbons (Fsp3) is 0.286. The highest BCUT2D eigenvalue weighted by Crippen LogP contribution is 2.04. The number of carbonyl (C=O) groups excluding carboxylic acids is 2. The molecule has 0 spiro atoms. The van der Waals surface area contributed by atoms with Crippen LogP contribution in [-0.2, 0) is 25.7 Å². The van der Waals surface area contributed by atoms with Gasteiger partial charge in [-0.1, -0.05) is 36.9 Å². The summed E-state index contributed by atoms with van der Waals surface area (Å²) >= 11 is 0. The van der Waals surface area contributed by atoms with Gasteiger partial charge in [-0.25, -0.2) is 0 Å². The Kier molecular flexibility index (Phi) is 5.64. The summed E-state index contributed by atoms with van der Waals surface area (Å²) in [7, 11) is 0. The third-order valence-corrected chi connectivity index (χ3v) is 2.06. The van der Waals surface area contributed by atoms with Crippen LogP contribution < -0.4 is 0 Å². The van der Waals surface area contributed by atoms with Gasteiger partial charge in [0.2, 0.25) is 0 Å². The molecule has 4 nitrogen and oxygen atoms in total. The van der Waals surface area contributed by atoms with Crippen molar-refractivity contribution < 1.29 is 19.1 Å². The molecule has 0 saturated heterocycles. The van der Waals surface area contributed by atoms with Crippen LogP contribution >= 0.6 is 0 Å². The van der Waals surface area contributed by atoms with Gasteiger partial charge in [0.1, 0.15) is 6.61 Å². The molecule has 1 aromatic rings. The summed E-state index contributed by atoms with van der Waals surface area (Å²) < 4.78 is 9.74. The molecule has 0 aliphatic heterocycles. The molecule has 0 amide bonds. The number of carbonyl (C=O) groups is 2. The minimum absolute atomic E-state index is 0.000479. The number of hydrogen-bond acceptors (Lipinski definition) is 4. The van der Waals surface area contributed by atoms with Gasteiger partial charge in [-0.05, 0) is 12.5 Å². The highest BCUT2D eigenvalue weighted by Gasteiger charge is 2.09. The average Bonchev–Trinajstić information content (AvgIpc) is 2.34. The van der Waals surface area contributed by atoms with Crippen LogP contribution in [0.25, 0.3) is 0 Å². The maximum atomic E-state index is 11.4. The molecular weight excluding hydrogens is 232 g/mol. The summed E-state index contributed by atoms with van der Waals surface area (Å²) in [5.74, 6) is -0.575. The summed E-state index contributed by atoms with van der Waals surface area (Å²) in [6.45, 7) is 5.23. The van der Waals surface area contributed by atoms with E-state index in [9.17, 15) is 9.59 Å². The zero-order chi connectivity index (χ0) is 13.4. The summed E-state index contributed by atoms with van der Waals surface area (Å²) in [6.07, 6.45) is 0.0133. The molecule has 4 heteroatoms. The molecule has 0 aliphatic carbocycles. The number of hydrogen-bond donors (Lipinski definition) is 0. The zero-order valence-electron chi connectivity index (χ0n) is 10.3. The van der Waals surface area contributed by atoms with E-state index in [0.717, 1.165) is 5.56 Å². The van der Waals surface area contributed by atoms with Crippen LogP contribution in [0.2, 0.25) is 0 Å². The first kappa shape index (κ1) is 14.0. The van der Waals surface area contributed by atoms with Crippen molar-refractivity contribution in [2.24, 2.45) is 0 Å². The van der Waals surface area contributed by atoms with Crippen molar-refractivity contribution >= 4 is 11.9 Å². The van der Waals surface area contributed by atoms with Crippen LogP contribution in [0.1, 0.15) is 25.3 Å². The van der Waals surface area contributed by atoms with E-state index in [1.165, 1.54) is 0 Å². The van der Waals surface area contributed by atoms with Gasteiger partial charge in [0.15, 0.2) is 0 Å². The van der Waals surface area contributed by atoms with E-state index >= 15 is 0 Å². The molecule has 0 fully saturated rings. The Bertz CT molecular complexity index is 423. The minimum atomic E-state index is -0.473. The monoisotopic (exact) mass is 248 g/mol. The van der Waals surface area contributed by atoms with Crippen LogP contribution in [0.3, 0.4) is 0 Å². The largest absolute Gasteiger partial charge is 0.461 e. The zero-order valence-corrected chi connectivity index (χ0v) is 10.3. The second-order valence-electron chi connectivity index (χ2n) is 3.82. The number of allylic oxidation sites excluding steroid dienone is 1. The van der Waals surface area contributed by atoms with E-state index in [4.69, 9.17) is 9.47 Å². The molecule has 18 heavy (non-hydrogen) atoms. The molecular formula is C14H16O4. The van der Waals surface area contributed by atoms with Crippen molar-refractivity contribution in [3.63, 3.8) is 0 Å². The topological polar surface area (TPSA) is 52.6 Å². The second kappa shape index (κ2) is 7.27. The molecule has 1 aromatic carbocycles. The SMILES string of the molecule is C=C(C)OC(=O)CCC(=O)OCc1ccccc1. The van der Waals surface area contributed by atoms with E-state index in [-0.39, 0.29) is 19.4 Å². The third kappa shape index (κ3) is 5.84. The Hall–Kier alpha value is -2.10. The number of rotatable bonds is 6. The van der Waals surface area contributed by atoms with Gasteiger partial charge < -0.3 is 9.47 Å². The second-order valence-corrected chi connectivity index (χ2v) is 3.82. The van der Waals surface area contributed by atoms with E-state index in [2.05, 4.69) is 6.58 Å². The molecule has 0 radical (unpaired) electrons. The predicted octanol–water partition coefficient (Wildman–Crippen LogP) is 2.59. The van der Waals surface area contributed by atoms with Crippen LogP contribution in [0.15, 0.2) is 42.7 Å². The summed E-state index contributed by atoms with van der Waals surface area (Å²) in [6, 6.07) is 9.35. The maximum absolute atomic E-state index is 11.4. The Morgan fingerprint density at radius 3 is 2.33 bits per heavy atom. The van der Waals surface area contributed by atoms with Gasteiger partial charge in [-0.3, -0.25) is 9.59 Å². The summed E-state index contributed by atoms with van der Waals surface area (Å²) in [5, 5.41) is 0. The Morgan fingerprint density at radius 1 is 1.11 bits per heavy atom. The van der Waals surface area contributed by atoms with Crippen molar-refractivity contribution in [3.8, 4) is 0 Å². The van der Waals surface area contributed by atoms with E-state index in [0.29, 0.717) is 5.76 Å². The highest BCUT2D eigenvalue weighted by atomic mass is 16.5. The lowest BCUT2D eigenvalue weighted by molar-refractivity contribution is -0.149. The fourth-order valence-corrected chi connectivity index (χ4v) is 1.26. The molecule has 1 rings (SSSR count). The van der Waals surface area contributed by atoms with E-state index in [1.54, 1.807) is 6.92 Å². The standard InChI is InChI=1S/C14H16O4/c1-11(2)18-14(16)9-8-13(15)17-10-12-6-4-3-5-7-12/h3-7H,1,8-10H2,2H3. The lowest BCUT2D eigenvalue weighted by atomic mass is 10.2. The molecule has 96 valence electrons. The quantitative estimate of drug-likeness (QED) is 0.573. The molecule has 0 unspecified atom stereocenters. The van der Waals surface area contributed by atoms with Crippen LogP contribution in [0.5, 0.6) is 0 Å². The Labute approximate surface area is 106 Å². The molecule has 0 saturated carbocycles. The van der Waals surface area contributed by atoms with Gasteiger partial charge in [-0.2, -0.15) is 0 Å². The van der Waals surface area contributed by atoms with E-state index < -0.39 is 11.9 Å². The number of benzene rings is 1. The number of ether oxygens (including phenoxy) is 2. The molecule has 0 atom stereocenters. The normalized spacial score (nSPS) is 9.61. The molecule has 0 heterocycles.